The van der Waals surface area contributed by atoms with Gasteiger partial charge in [-0.1, -0.05) is 101 Å². The van der Waals surface area contributed by atoms with E-state index in [1.807, 2.05) is 0 Å². The van der Waals surface area contributed by atoms with Crippen molar-refractivity contribution in [2.24, 2.45) is 5.92 Å². The van der Waals surface area contributed by atoms with Crippen LogP contribution < -0.4 is 10.4 Å². The predicted molar refractivity (Wildman–Crippen MR) is 144 cm³/mol. The Bertz CT molecular complexity index is 771. The monoisotopic (exact) mass is 470 g/mol. The molecule has 0 amide bonds. The molecular formula is C27H38OS2Si. The van der Waals surface area contributed by atoms with Gasteiger partial charge in [-0.05, 0) is 52.6 Å². The topological polar surface area (TPSA) is 9.23 Å². The van der Waals surface area contributed by atoms with Gasteiger partial charge in [0.25, 0.3) is 8.32 Å². The number of hydrogen-bond donors (Lipinski definition) is 0. The minimum Gasteiger partial charge on any atom is -0.405 e. The van der Waals surface area contributed by atoms with E-state index in [1.54, 1.807) is 0 Å². The van der Waals surface area contributed by atoms with Crippen molar-refractivity contribution in [2.45, 2.75) is 63.2 Å². The summed E-state index contributed by atoms with van der Waals surface area (Å²) in [5.41, 5.74) is 0. The predicted octanol–water partition coefficient (Wildman–Crippen LogP) is 6.73. The summed E-state index contributed by atoms with van der Waals surface area (Å²) in [6, 6.07) is 21.9. The molecule has 2 atom stereocenters. The maximum Gasteiger partial charge on any atom is 0.261 e. The molecule has 0 spiro atoms. The Labute approximate surface area is 199 Å². The van der Waals surface area contributed by atoms with E-state index in [1.165, 1.54) is 28.3 Å². The quantitative estimate of drug-likeness (QED) is 0.313. The molecule has 31 heavy (non-hydrogen) atoms. The van der Waals surface area contributed by atoms with Crippen molar-refractivity contribution in [1.82, 2.24) is 0 Å². The van der Waals surface area contributed by atoms with Crippen LogP contribution in [0.1, 0.15) is 47.5 Å². The summed E-state index contributed by atoms with van der Waals surface area (Å²) >= 11 is 4.17. The van der Waals surface area contributed by atoms with Crippen LogP contribution in [0.3, 0.4) is 0 Å². The summed E-state index contributed by atoms with van der Waals surface area (Å²) in [4.78, 5) is 0. The lowest BCUT2D eigenvalue weighted by Crippen LogP contribution is -2.67. The molecule has 1 heterocycles. The summed E-state index contributed by atoms with van der Waals surface area (Å²) < 4.78 is 7.86. The van der Waals surface area contributed by atoms with Gasteiger partial charge < -0.3 is 4.43 Å². The Morgan fingerprint density at radius 1 is 0.935 bits per heavy atom. The van der Waals surface area contributed by atoms with Gasteiger partial charge in [0.2, 0.25) is 0 Å². The Morgan fingerprint density at radius 2 is 1.45 bits per heavy atom. The summed E-state index contributed by atoms with van der Waals surface area (Å²) in [6.45, 7) is 11.7. The van der Waals surface area contributed by atoms with Crippen molar-refractivity contribution in [3.8, 4) is 0 Å². The second-order valence-electron chi connectivity index (χ2n) is 9.65. The first-order valence-corrected chi connectivity index (χ1v) is 15.5. The van der Waals surface area contributed by atoms with E-state index in [0.29, 0.717) is 10.5 Å². The molecule has 0 bridgehead atoms. The highest BCUT2D eigenvalue weighted by Crippen LogP contribution is 2.38. The molecule has 3 rings (SSSR count). The fourth-order valence-corrected chi connectivity index (χ4v) is 11.9. The van der Waals surface area contributed by atoms with Gasteiger partial charge in [-0.25, -0.2) is 0 Å². The molecule has 0 aliphatic carbocycles. The van der Waals surface area contributed by atoms with Crippen LogP contribution in [0.25, 0.3) is 0 Å². The number of thioether (sulfide) groups is 2. The Morgan fingerprint density at radius 3 is 1.94 bits per heavy atom. The molecular weight excluding hydrogens is 433 g/mol. The van der Waals surface area contributed by atoms with Crippen LogP contribution in [-0.2, 0) is 4.43 Å². The molecule has 1 aliphatic heterocycles. The van der Waals surface area contributed by atoms with Crippen molar-refractivity contribution in [3.05, 3.63) is 72.8 Å². The van der Waals surface area contributed by atoms with Gasteiger partial charge in [0.15, 0.2) is 0 Å². The lowest BCUT2D eigenvalue weighted by molar-refractivity contribution is 0.184. The minimum atomic E-state index is -2.47. The summed E-state index contributed by atoms with van der Waals surface area (Å²) in [6.07, 6.45) is 7.43. The SMILES string of the molecule is C[C@@H](/C=C/C1SCCCS1)C[C@H](C)O[Si](c1ccccc1)(c1ccccc1)C(C)(C)C. The fourth-order valence-electron chi connectivity index (χ4n) is 4.54. The molecule has 0 saturated carbocycles. The third kappa shape index (κ3) is 6.31. The Balaban J connectivity index is 1.84. The first-order valence-electron chi connectivity index (χ1n) is 11.5. The molecule has 2 aromatic rings. The molecule has 1 aliphatic rings. The second-order valence-corrected chi connectivity index (χ2v) is 16.7. The highest BCUT2D eigenvalue weighted by molar-refractivity contribution is 8.17. The third-order valence-electron chi connectivity index (χ3n) is 5.95. The van der Waals surface area contributed by atoms with E-state index in [4.69, 9.17) is 4.43 Å². The van der Waals surface area contributed by atoms with E-state index in [-0.39, 0.29) is 11.1 Å². The van der Waals surface area contributed by atoms with Crippen molar-refractivity contribution < 1.29 is 4.43 Å². The first-order chi connectivity index (χ1) is 14.8. The van der Waals surface area contributed by atoms with Gasteiger partial charge in [0, 0.05) is 6.10 Å². The van der Waals surface area contributed by atoms with Crippen molar-refractivity contribution in [2.75, 3.05) is 11.5 Å². The van der Waals surface area contributed by atoms with E-state index >= 15 is 0 Å². The van der Waals surface area contributed by atoms with E-state index in [0.717, 1.165) is 6.42 Å². The van der Waals surface area contributed by atoms with Gasteiger partial charge in [-0.2, -0.15) is 0 Å². The molecule has 168 valence electrons. The largest absolute Gasteiger partial charge is 0.405 e. The zero-order valence-corrected chi connectivity index (χ0v) is 22.3. The van der Waals surface area contributed by atoms with Crippen molar-refractivity contribution >= 4 is 42.2 Å². The number of rotatable bonds is 8. The highest BCUT2D eigenvalue weighted by atomic mass is 32.2. The van der Waals surface area contributed by atoms with Crippen molar-refractivity contribution in [3.63, 3.8) is 0 Å². The van der Waals surface area contributed by atoms with Gasteiger partial charge in [-0.3, -0.25) is 0 Å². The molecule has 1 nitrogen and oxygen atoms in total. The number of allylic oxidation sites excluding steroid dienone is 1. The smallest absolute Gasteiger partial charge is 0.261 e. The maximum absolute atomic E-state index is 7.23. The van der Waals surface area contributed by atoms with Crippen LogP contribution in [0.2, 0.25) is 5.04 Å². The molecule has 0 unspecified atom stereocenters. The molecule has 0 N–H and O–H groups in total. The first kappa shape index (κ1) is 24.7. The molecule has 4 heteroatoms. The van der Waals surface area contributed by atoms with Crippen LogP contribution in [-0.4, -0.2) is 30.5 Å². The average Bonchev–Trinajstić information content (AvgIpc) is 2.77. The zero-order valence-electron chi connectivity index (χ0n) is 19.7. The second kappa shape index (κ2) is 11.3. The lowest BCUT2D eigenvalue weighted by Gasteiger charge is -2.45. The fraction of sp³-hybridized carbons (Fsp3) is 0.481. The normalized spacial score (nSPS) is 18.2. The molecule has 0 radical (unpaired) electrons. The van der Waals surface area contributed by atoms with Gasteiger partial charge in [-0.15, -0.1) is 23.5 Å². The van der Waals surface area contributed by atoms with Gasteiger partial charge in [0.1, 0.15) is 0 Å². The van der Waals surface area contributed by atoms with Gasteiger partial charge >= 0.3 is 0 Å². The number of hydrogen-bond acceptors (Lipinski definition) is 3. The number of benzene rings is 2. The Kier molecular flexibility index (Phi) is 8.98. The summed E-state index contributed by atoms with van der Waals surface area (Å²) in [5, 5.41) is 2.75. The van der Waals surface area contributed by atoms with Gasteiger partial charge in [0.05, 0.1) is 4.58 Å². The zero-order chi connectivity index (χ0) is 22.3. The van der Waals surface area contributed by atoms with E-state index in [2.05, 4.69) is 131 Å². The minimum absolute atomic E-state index is 0.0262. The molecule has 2 aromatic carbocycles. The van der Waals surface area contributed by atoms with Crippen LogP contribution >= 0.6 is 23.5 Å². The molecule has 1 fully saturated rings. The average molecular weight is 471 g/mol. The van der Waals surface area contributed by atoms with Crippen LogP contribution in [0, 0.1) is 5.92 Å². The third-order valence-corrected chi connectivity index (χ3v) is 13.9. The maximum atomic E-state index is 7.23. The van der Waals surface area contributed by atoms with Crippen LogP contribution in [0.15, 0.2) is 72.8 Å². The molecule has 0 aromatic heterocycles. The Hall–Kier alpha value is -0.943. The highest BCUT2D eigenvalue weighted by Gasteiger charge is 2.50. The summed E-state index contributed by atoms with van der Waals surface area (Å²) in [7, 11) is -2.47. The molecule has 1 saturated heterocycles. The van der Waals surface area contributed by atoms with E-state index in [9.17, 15) is 0 Å². The van der Waals surface area contributed by atoms with Crippen molar-refractivity contribution in [1.29, 1.82) is 0 Å². The van der Waals surface area contributed by atoms with E-state index < -0.39 is 8.32 Å². The standard InChI is InChI=1S/C27H38OS2Si/c1-22(17-18-26-29-19-12-20-30-26)21-23(2)28-31(27(3,4)5,24-13-8-6-9-14-24)25-15-10-7-11-16-25/h6-11,13-18,22-23,26H,12,19-21H2,1-5H3/b18-17+/t22-,23-/m0/s1. The van der Waals surface area contributed by atoms with Crippen LogP contribution in [0.4, 0.5) is 0 Å². The van der Waals surface area contributed by atoms with Crippen LogP contribution in [0.5, 0.6) is 0 Å². The lowest BCUT2D eigenvalue weighted by atomic mass is 10.0. The summed E-state index contributed by atoms with van der Waals surface area (Å²) in [5.74, 6) is 3.10.